The van der Waals surface area contributed by atoms with Crippen LogP contribution in [0.2, 0.25) is 5.02 Å². The zero-order chi connectivity index (χ0) is 14.0. The molecular weight excluding hydrogens is 273 g/mol. The van der Waals surface area contributed by atoms with Gasteiger partial charge in [-0.15, -0.1) is 0 Å². The topological polar surface area (TPSA) is 60.2 Å². The van der Waals surface area contributed by atoms with Gasteiger partial charge in [-0.05, 0) is 18.2 Å². The van der Waals surface area contributed by atoms with Crippen LogP contribution in [0.15, 0.2) is 42.5 Å². The Balaban J connectivity index is 2.53. The lowest BCUT2D eigenvalue weighted by molar-refractivity contribution is -0.384. The van der Waals surface area contributed by atoms with E-state index in [1.54, 1.807) is 12.1 Å². The summed E-state index contributed by atoms with van der Waals surface area (Å²) in [5, 5.41) is 10.8. The van der Waals surface area contributed by atoms with Crippen LogP contribution in [0.5, 0.6) is 0 Å². The summed E-state index contributed by atoms with van der Waals surface area (Å²) in [5.41, 5.74) is -0.623. The fourth-order valence-electron chi connectivity index (χ4n) is 1.59. The second-order valence-corrected chi connectivity index (χ2v) is 4.14. The molecular formula is C13H7ClFNO3. The molecule has 0 N–H and O–H groups in total. The zero-order valence-corrected chi connectivity index (χ0v) is 10.2. The maximum absolute atomic E-state index is 13.6. The number of halogens is 2. The third-order valence-corrected chi connectivity index (χ3v) is 2.85. The van der Waals surface area contributed by atoms with E-state index in [1.807, 2.05) is 0 Å². The van der Waals surface area contributed by atoms with Crippen molar-refractivity contribution in [1.82, 2.24) is 0 Å². The van der Waals surface area contributed by atoms with Gasteiger partial charge in [-0.2, -0.15) is 0 Å². The van der Waals surface area contributed by atoms with Gasteiger partial charge in [-0.1, -0.05) is 23.7 Å². The number of hydrogen-bond donors (Lipinski definition) is 0. The minimum absolute atomic E-state index is 0.101. The molecule has 0 saturated carbocycles. The highest BCUT2D eigenvalue weighted by atomic mass is 35.5. The van der Waals surface area contributed by atoms with E-state index in [1.165, 1.54) is 12.1 Å². The van der Waals surface area contributed by atoms with Gasteiger partial charge >= 0.3 is 0 Å². The number of nitro benzene ring substituents is 1. The first kappa shape index (κ1) is 13.2. The smallest absolute Gasteiger partial charge is 0.270 e. The molecule has 0 heterocycles. The van der Waals surface area contributed by atoms with Gasteiger partial charge in [0.2, 0.25) is 0 Å². The monoisotopic (exact) mass is 279 g/mol. The summed E-state index contributed by atoms with van der Waals surface area (Å²) in [7, 11) is 0. The van der Waals surface area contributed by atoms with E-state index in [4.69, 9.17) is 11.6 Å². The molecule has 0 aliphatic heterocycles. The lowest BCUT2D eigenvalue weighted by Gasteiger charge is -2.04. The molecule has 6 heteroatoms. The summed E-state index contributed by atoms with van der Waals surface area (Å²) in [6, 6.07) is 8.92. The lowest BCUT2D eigenvalue weighted by Crippen LogP contribution is -2.06. The van der Waals surface area contributed by atoms with E-state index >= 15 is 0 Å². The van der Waals surface area contributed by atoms with Crippen LogP contribution in [0.25, 0.3) is 0 Å². The van der Waals surface area contributed by atoms with Gasteiger partial charge < -0.3 is 0 Å². The fourth-order valence-corrected chi connectivity index (χ4v) is 1.81. The number of nitro groups is 1. The Morgan fingerprint density at radius 3 is 2.47 bits per heavy atom. The third kappa shape index (κ3) is 2.61. The van der Waals surface area contributed by atoms with E-state index in [9.17, 15) is 19.3 Å². The SMILES string of the molecule is O=C(c1cc([N+](=O)[O-])ccc1F)c1ccccc1Cl. The molecule has 2 aromatic carbocycles. The van der Waals surface area contributed by atoms with Crippen LogP contribution in [0, 0.1) is 15.9 Å². The largest absolute Gasteiger partial charge is 0.288 e. The first-order valence-corrected chi connectivity index (χ1v) is 5.61. The van der Waals surface area contributed by atoms with E-state index < -0.39 is 16.5 Å². The van der Waals surface area contributed by atoms with Gasteiger partial charge in [0.15, 0.2) is 5.78 Å². The van der Waals surface area contributed by atoms with Gasteiger partial charge in [0, 0.05) is 17.7 Å². The molecule has 19 heavy (non-hydrogen) atoms. The van der Waals surface area contributed by atoms with Crippen molar-refractivity contribution in [1.29, 1.82) is 0 Å². The van der Waals surface area contributed by atoms with Crippen molar-refractivity contribution in [2.45, 2.75) is 0 Å². The van der Waals surface area contributed by atoms with Crippen molar-refractivity contribution < 1.29 is 14.1 Å². The molecule has 2 aromatic rings. The summed E-state index contributed by atoms with van der Waals surface area (Å²) in [6.07, 6.45) is 0. The predicted octanol–water partition coefficient (Wildman–Crippen LogP) is 3.62. The summed E-state index contributed by atoms with van der Waals surface area (Å²) < 4.78 is 13.6. The predicted molar refractivity (Wildman–Crippen MR) is 67.9 cm³/mol. The van der Waals surface area contributed by atoms with Gasteiger partial charge in [-0.25, -0.2) is 4.39 Å². The van der Waals surface area contributed by atoms with Crippen LogP contribution in [-0.4, -0.2) is 10.7 Å². The molecule has 0 spiro atoms. The molecule has 0 aliphatic rings. The number of benzene rings is 2. The lowest BCUT2D eigenvalue weighted by atomic mass is 10.0. The Labute approximate surface area is 112 Å². The van der Waals surface area contributed by atoms with Gasteiger partial charge in [0.1, 0.15) is 5.82 Å². The number of non-ortho nitro benzene ring substituents is 1. The van der Waals surface area contributed by atoms with Crippen LogP contribution < -0.4 is 0 Å². The molecule has 2 rings (SSSR count). The highest BCUT2D eigenvalue weighted by molar-refractivity contribution is 6.35. The van der Waals surface area contributed by atoms with Crippen molar-refractivity contribution in [3.8, 4) is 0 Å². The highest BCUT2D eigenvalue weighted by Crippen LogP contribution is 2.23. The van der Waals surface area contributed by atoms with Gasteiger partial charge in [0.25, 0.3) is 5.69 Å². The molecule has 0 fully saturated rings. The van der Waals surface area contributed by atoms with E-state index in [0.29, 0.717) is 0 Å². The van der Waals surface area contributed by atoms with Crippen LogP contribution in [0.3, 0.4) is 0 Å². The minimum Gasteiger partial charge on any atom is -0.288 e. The summed E-state index contributed by atoms with van der Waals surface area (Å²) in [5.74, 6) is -1.51. The number of nitrogens with zero attached hydrogens (tertiary/aromatic N) is 1. The number of carbonyl (C=O) groups is 1. The van der Waals surface area contributed by atoms with E-state index in [0.717, 1.165) is 18.2 Å². The summed E-state index contributed by atoms with van der Waals surface area (Å²) in [6.45, 7) is 0. The average molecular weight is 280 g/mol. The molecule has 0 aromatic heterocycles. The number of carbonyl (C=O) groups excluding carboxylic acids is 1. The highest BCUT2D eigenvalue weighted by Gasteiger charge is 2.19. The molecule has 0 unspecified atom stereocenters. The summed E-state index contributed by atoms with van der Waals surface area (Å²) >= 11 is 5.85. The molecule has 0 radical (unpaired) electrons. The molecule has 0 bridgehead atoms. The zero-order valence-electron chi connectivity index (χ0n) is 9.47. The van der Waals surface area contributed by atoms with Crippen LogP contribution >= 0.6 is 11.6 Å². The Bertz CT molecular complexity index is 673. The van der Waals surface area contributed by atoms with Crippen LogP contribution in [0.1, 0.15) is 15.9 Å². The average Bonchev–Trinajstić information content (AvgIpc) is 2.38. The molecule has 0 saturated heterocycles. The van der Waals surface area contributed by atoms with Crippen LogP contribution in [0.4, 0.5) is 10.1 Å². The molecule has 0 aliphatic carbocycles. The molecule has 0 amide bonds. The maximum Gasteiger partial charge on any atom is 0.270 e. The third-order valence-electron chi connectivity index (χ3n) is 2.52. The molecule has 96 valence electrons. The number of ketones is 1. The van der Waals surface area contributed by atoms with Crippen molar-refractivity contribution in [3.63, 3.8) is 0 Å². The Kier molecular flexibility index (Phi) is 3.57. The first-order chi connectivity index (χ1) is 9.00. The number of rotatable bonds is 3. The van der Waals surface area contributed by atoms with Crippen LogP contribution in [-0.2, 0) is 0 Å². The fraction of sp³-hybridized carbons (Fsp3) is 0. The Morgan fingerprint density at radius 2 is 1.84 bits per heavy atom. The van der Waals surface area contributed by atoms with Gasteiger partial charge in [-0.3, -0.25) is 14.9 Å². The Hall–Kier alpha value is -2.27. The van der Waals surface area contributed by atoms with Gasteiger partial charge in [0.05, 0.1) is 15.5 Å². The second-order valence-electron chi connectivity index (χ2n) is 3.73. The van der Waals surface area contributed by atoms with Crippen molar-refractivity contribution >= 4 is 23.1 Å². The standard InChI is InChI=1S/C13H7ClFNO3/c14-11-4-2-1-3-9(11)13(17)10-7-8(16(18)19)5-6-12(10)15/h1-7H. The second kappa shape index (κ2) is 5.16. The van der Waals surface area contributed by atoms with Crippen molar-refractivity contribution in [3.05, 3.63) is 74.5 Å². The quantitative estimate of drug-likeness (QED) is 0.490. The molecule has 4 nitrogen and oxygen atoms in total. The van der Waals surface area contributed by atoms with E-state index in [-0.39, 0.29) is 21.8 Å². The maximum atomic E-state index is 13.6. The molecule has 0 atom stereocenters. The normalized spacial score (nSPS) is 10.2. The van der Waals surface area contributed by atoms with E-state index in [2.05, 4.69) is 0 Å². The first-order valence-electron chi connectivity index (χ1n) is 5.24. The van der Waals surface area contributed by atoms with Crippen molar-refractivity contribution in [2.24, 2.45) is 0 Å². The minimum atomic E-state index is -0.824. The summed E-state index contributed by atoms with van der Waals surface area (Å²) in [4.78, 5) is 22.1. The Morgan fingerprint density at radius 1 is 1.16 bits per heavy atom. The van der Waals surface area contributed by atoms with Crippen molar-refractivity contribution in [2.75, 3.05) is 0 Å². The number of hydrogen-bond acceptors (Lipinski definition) is 3.